The Bertz CT molecular complexity index is 913. The number of ether oxygens (including phenoxy) is 1. The van der Waals surface area contributed by atoms with E-state index in [0.717, 1.165) is 37.6 Å². The molecule has 0 radical (unpaired) electrons. The monoisotopic (exact) mass is 382 g/mol. The fourth-order valence-corrected chi connectivity index (χ4v) is 2.04. The second-order valence-corrected chi connectivity index (χ2v) is 5.11. The first kappa shape index (κ1) is 19.7. The highest BCUT2D eigenvalue weighted by atomic mass is 19.4. The van der Waals surface area contributed by atoms with Crippen molar-refractivity contribution in [3.05, 3.63) is 63.2 Å². The SMILES string of the molecule is COc1cc(/C=N\NC(=O)c2cccc(C(F)(F)F)c2)cc([N+](=O)[O-])c1[O-]. The van der Waals surface area contributed by atoms with Crippen molar-refractivity contribution in [3.8, 4) is 11.5 Å². The number of methoxy groups -OCH3 is 1. The molecular formula is C16H11F3N3O5-. The molecule has 0 aliphatic rings. The van der Waals surface area contributed by atoms with Gasteiger partial charge in [0.2, 0.25) is 0 Å². The first-order chi connectivity index (χ1) is 12.6. The van der Waals surface area contributed by atoms with Gasteiger partial charge in [0.15, 0.2) is 0 Å². The van der Waals surface area contributed by atoms with Gasteiger partial charge in [-0.2, -0.15) is 18.3 Å². The largest absolute Gasteiger partial charge is 0.865 e. The summed E-state index contributed by atoms with van der Waals surface area (Å²) >= 11 is 0. The number of hydrazone groups is 1. The molecule has 8 nitrogen and oxygen atoms in total. The maximum Gasteiger partial charge on any atom is 0.416 e. The lowest BCUT2D eigenvalue weighted by Gasteiger charge is -2.13. The van der Waals surface area contributed by atoms with Gasteiger partial charge in [0.05, 0.1) is 23.8 Å². The smallest absolute Gasteiger partial charge is 0.416 e. The summed E-state index contributed by atoms with van der Waals surface area (Å²) in [5.41, 5.74) is 0.0508. The minimum absolute atomic E-state index is 0.0718. The average Bonchev–Trinajstić information content (AvgIpc) is 2.61. The van der Waals surface area contributed by atoms with Gasteiger partial charge in [-0.05, 0) is 24.3 Å². The number of nitro groups is 1. The molecule has 0 spiro atoms. The molecule has 2 aromatic carbocycles. The van der Waals surface area contributed by atoms with Gasteiger partial charge in [0, 0.05) is 22.9 Å². The van der Waals surface area contributed by atoms with Crippen LogP contribution in [-0.2, 0) is 6.18 Å². The van der Waals surface area contributed by atoms with Crippen LogP contribution in [0, 0.1) is 10.1 Å². The van der Waals surface area contributed by atoms with E-state index in [-0.39, 0.29) is 16.9 Å². The lowest BCUT2D eigenvalue weighted by Crippen LogP contribution is -2.18. The van der Waals surface area contributed by atoms with E-state index in [4.69, 9.17) is 4.74 Å². The van der Waals surface area contributed by atoms with Crippen LogP contribution in [0.2, 0.25) is 0 Å². The lowest BCUT2D eigenvalue weighted by molar-refractivity contribution is -0.398. The van der Waals surface area contributed by atoms with E-state index >= 15 is 0 Å². The topological polar surface area (TPSA) is 117 Å². The summed E-state index contributed by atoms with van der Waals surface area (Å²) in [5.74, 6) is -2.14. The maximum atomic E-state index is 12.7. The fraction of sp³-hybridized carbons (Fsp3) is 0.125. The molecule has 0 aliphatic carbocycles. The summed E-state index contributed by atoms with van der Waals surface area (Å²) in [7, 11) is 1.15. The molecule has 2 aromatic rings. The Morgan fingerprint density at radius 1 is 1.30 bits per heavy atom. The van der Waals surface area contributed by atoms with Gasteiger partial charge in [-0.1, -0.05) is 6.07 Å². The minimum atomic E-state index is -4.60. The standard InChI is InChI=1S/C16H12F3N3O5/c1-27-13-6-9(5-12(14(13)23)22(25)26)8-20-21-15(24)10-3-2-4-11(7-10)16(17,18)19/h2-8,23H,1H3,(H,21,24)/p-1/b20-8-. The number of carbonyl (C=O) groups is 1. The van der Waals surface area contributed by atoms with Crippen LogP contribution in [-0.4, -0.2) is 24.2 Å². The Kier molecular flexibility index (Phi) is 5.63. The Morgan fingerprint density at radius 3 is 2.59 bits per heavy atom. The summed E-state index contributed by atoms with van der Waals surface area (Å²) in [5, 5.41) is 26.1. The number of benzene rings is 2. The number of alkyl halides is 3. The molecule has 0 saturated heterocycles. The first-order valence-corrected chi connectivity index (χ1v) is 7.17. The van der Waals surface area contributed by atoms with Crippen LogP contribution in [0.25, 0.3) is 0 Å². The highest BCUT2D eigenvalue weighted by Crippen LogP contribution is 2.34. The third kappa shape index (κ3) is 4.71. The van der Waals surface area contributed by atoms with E-state index in [1.54, 1.807) is 0 Å². The molecule has 0 saturated carbocycles. The van der Waals surface area contributed by atoms with Gasteiger partial charge >= 0.3 is 6.18 Å². The van der Waals surface area contributed by atoms with Crippen LogP contribution in [0.3, 0.4) is 0 Å². The number of nitrogens with one attached hydrogen (secondary N) is 1. The normalized spacial score (nSPS) is 11.4. The summed E-state index contributed by atoms with van der Waals surface area (Å²) < 4.78 is 42.7. The van der Waals surface area contributed by atoms with Crippen molar-refractivity contribution in [2.45, 2.75) is 6.18 Å². The highest BCUT2D eigenvalue weighted by molar-refractivity contribution is 5.95. The van der Waals surface area contributed by atoms with E-state index in [9.17, 15) is 33.2 Å². The molecule has 0 atom stereocenters. The van der Waals surface area contributed by atoms with Crippen molar-refractivity contribution >= 4 is 17.8 Å². The van der Waals surface area contributed by atoms with Gasteiger partial charge < -0.3 is 9.84 Å². The van der Waals surface area contributed by atoms with Crippen LogP contribution < -0.4 is 15.3 Å². The quantitative estimate of drug-likeness (QED) is 0.484. The third-order valence-electron chi connectivity index (χ3n) is 3.31. The van der Waals surface area contributed by atoms with Crippen LogP contribution in [0.1, 0.15) is 21.5 Å². The molecule has 27 heavy (non-hydrogen) atoms. The second kappa shape index (κ2) is 7.72. The molecule has 2 rings (SSSR count). The van der Waals surface area contributed by atoms with Gasteiger partial charge in [-0.3, -0.25) is 14.9 Å². The molecular weight excluding hydrogens is 371 g/mol. The Morgan fingerprint density at radius 2 is 2.00 bits per heavy atom. The van der Waals surface area contributed by atoms with Gasteiger partial charge in [0.1, 0.15) is 5.75 Å². The molecule has 142 valence electrons. The minimum Gasteiger partial charge on any atom is -0.865 e. The zero-order valence-corrected chi connectivity index (χ0v) is 13.6. The number of hydrogen-bond acceptors (Lipinski definition) is 6. The van der Waals surface area contributed by atoms with Crippen molar-refractivity contribution in [1.82, 2.24) is 5.43 Å². The number of amides is 1. The summed E-state index contributed by atoms with van der Waals surface area (Å²) in [6, 6.07) is 5.80. The third-order valence-corrected chi connectivity index (χ3v) is 3.31. The predicted molar refractivity (Wildman–Crippen MR) is 85.6 cm³/mol. The van der Waals surface area contributed by atoms with Gasteiger partial charge in [0.25, 0.3) is 11.6 Å². The Balaban J connectivity index is 2.19. The number of halogens is 3. The number of nitro benzene ring substituents is 1. The van der Waals surface area contributed by atoms with Crippen molar-refractivity contribution in [3.63, 3.8) is 0 Å². The average molecular weight is 382 g/mol. The van der Waals surface area contributed by atoms with Crippen molar-refractivity contribution in [2.75, 3.05) is 7.11 Å². The second-order valence-electron chi connectivity index (χ2n) is 5.11. The van der Waals surface area contributed by atoms with Crippen LogP contribution >= 0.6 is 0 Å². The molecule has 1 amide bonds. The van der Waals surface area contributed by atoms with Gasteiger partial charge in [-0.25, -0.2) is 5.43 Å². The Labute approximate surface area is 150 Å². The first-order valence-electron chi connectivity index (χ1n) is 7.17. The van der Waals surface area contributed by atoms with Crippen molar-refractivity contribution in [2.24, 2.45) is 5.10 Å². The highest BCUT2D eigenvalue weighted by Gasteiger charge is 2.30. The molecule has 0 aromatic heterocycles. The number of hydrogen-bond donors (Lipinski definition) is 1. The molecule has 0 fully saturated rings. The van der Waals surface area contributed by atoms with Crippen LogP contribution in [0.4, 0.5) is 18.9 Å². The number of carbonyl (C=O) groups excluding carboxylic acids is 1. The predicted octanol–water partition coefficient (Wildman–Crippen LogP) is 2.46. The van der Waals surface area contributed by atoms with E-state index in [1.807, 2.05) is 5.43 Å². The van der Waals surface area contributed by atoms with E-state index < -0.39 is 34.0 Å². The Hall–Kier alpha value is -3.63. The molecule has 1 N–H and O–H groups in total. The molecule has 0 heterocycles. The summed E-state index contributed by atoms with van der Waals surface area (Å²) in [4.78, 5) is 21.9. The van der Waals surface area contributed by atoms with E-state index in [2.05, 4.69) is 5.10 Å². The molecule has 11 heteroatoms. The maximum absolute atomic E-state index is 12.7. The molecule has 0 aliphatic heterocycles. The van der Waals surface area contributed by atoms with Crippen molar-refractivity contribution < 1.29 is 32.7 Å². The summed E-state index contributed by atoms with van der Waals surface area (Å²) in [6.45, 7) is 0. The fourth-order valence-electron chi connectivity index (χ4n) is 2.04. The van der Waals surface area contributed by atoms with E-state index in [1.165, 1.54) is 6.07 Å². The van der Waals surface area contributed by atoms with Crippen LogP contribution in [0.15, 0.2) is 41.5 Å². The molecule has 0 unspecified atom stereocenters. The van der Waals surface area contributed by atoms with Crippen molar-refractivity contribution in [1.29, 1.82) is 0 Å². The summed E-state index contributed by atoms with van der Waals surface area (Å²) in [6.07, 6.45) is -3.62. The molecule has 0 bridgehead atoms. The zero-order valence-electron chi connectivity index (χ0n) is 13.6. The number of nitrogens with zero attached hydrogens (tertiary/aromatic N) is 2. The van der Waals surface area contributed by atoms with E-state index in [0.29, 0.717) is 6.07 Å². The zero-order chi connectivity index (χ0) is 20.2. The van der Waals surface area contributed by atoms with Crippen LogP contribution in [0.5, 0.6) is 11.5 Å². The van der Waals surface area contributed by atoms with Gasteiger partial charge in [-0.15, -0.1) is 0 Å². The lowest BCUT2D eigenvalue weighted by atomic mass is 10.1. The number of rotatable bonds is 5.